The Balaban J connectivity index is 1.14. The van der Waals surface area contributed by atoms with Gasteiger partial charge in [0.05, 0.1) is 24.9 Å². The summed E-state index contributed by atoms with van der Waals surface area (Å²) in [6.07, 6.45) is 3.88. The predicted octanol–water partition coefficient (Wildman–Crippen LogP) is 3.56. The molecule has 32 heavy (non-hydrogen) atoms. The van der Waals surface area contributed by atoms with Crippen LogP contribution in [0.3, 0.4) is 0 Å². The van der Waals surface area contributed by atoms with E-state index in [9.17, 15) is 9.59 Å². The van der Waals surface area contributed by atoms with E-state index in [0.717, 1.165) is 42.1 Å². The van der Waals surface area contributed by atoms with Crippen LogP contribution < -0.4 is 16.0 Å². The molecule has 2 aliphatic heterocycles. The van der Waals surface area contributed by atoms with Gasteiger partial charge in [0.2, 0.25) is 0 Å². The summed E-state index contributed by atoms with van der Waals surface area (Å²) in [4.78, 5) is 25.0. The molecule has 2 heterocycles. The summed E-state index contributed by atoms with van der Waals surface area (Å²) in [5.74, 6) is 0. The van der Waals surface area contributed by atoms with Crippen LogP contribution in [0.4, 0.5) is 15.3 Å². The molecule has 0 bridgehead atoms. The van der Waals surface area contributed by atoms with Crippen molar-refractivity contribution in [2.24, 2.45) is 0 Å². The monoisotopic (exact) mass is 439 g/mol. The van der Waals surface area contributed by atoms with Crippen LogP contribution in [0.25, 0.3) is 10.8 Å². The quantitative estimate of drug-likeness (QED) is 0.677. The molecule has 8 heteroatoms. The van der Waals surface area contributed by atoms with Crippen LogP contribution in [-0.2, 0) is 14.2 Å². The molecule has 2 aromatic rings. The van der Waals surface area contributed by atoms with Gasteiger partial charge in [0.15, 0.2) is 6.10 Å². The van der Waals surface area contributed by atoms with Crippen molar-refractivity contribution >= 4 is 28.6 Å². The third kappa shape index (κ3) is 4.52. The normalized spacial score (nSPS) is 27.6. The maximum absolute atomic E-state index is 12.7. The maximum Gasteiger partial charge on any atom is 0.407 e. The number of carbonyl (C=O) groups is 2. The lowest BCUT2D eigenvalue weighted by Crippen LogP contribution is -2.46. The van der Waals surface area contributed by atoms with Gasteiger partial charge in [0, 0.05) is 11.4 Å². The maximum atomic E-state index is 12.7. The zero-order valence-corrected chi connectivity index (χ0v) is 17.9. The fourth-order valence-corrected chi connectivity index (χ4v) is 4.94. The minimum absolute atomic E-state index is 0.186. The van der Waals surface area contributed by atoms with Crippen molar-refractivity contribution in [2.75, 3.05) is 18.5 Å². The Labute approximate surface area is 187 Å². The molecule has 0 radical (unpaired) electrons. The Kier molecular flexibility index (Phi) is 6.14. The molecule has 1 aliphatic carbocycles. The number of carbonyl (C=O) groups excluding carboxylic acids is 2. The lowest BCUT2D eigenvalue weighted by molar-refractivity contribution is 0.00271. The van der Waals surface area contributed by atoms with Crippen molar-refractivity contribution in [3.8, 4) is 0 Å². The first-order chi connectivity index (χ1) is 15.7. The van der Waals surface area contributed by atoms with E-state index in [2.05, 4.69) is 16.0 Å². The summed E-state index contributed by atoms with van der Waals surface area (Å²) in [5.41, 5.74) is 0.740. The lowest BCUT2D eigenvalue weighted by Gasteiger charge is -2.24. The van der Waals surface area contributed by atoms with Crippen molar-refractivity contribution in [1.29, 1.82) is 0 Å². The van der Waals surface area contributed by atoms with E-state index in [1.807, 2.05) is 42.5 Å². The number of anilines is 1. The minimum Gasteiger partial charge on any atom is -0.441 e. The number of fused-ring (bicyclic) bond motifs is 2. The zero-order chi connectivity index (χ0) is 21.9. The van der Waals surface area contributed by atoms with Crippen molar-refractivity contribution in [2.45, 2.75) is 62.5 Å². The molecule has 1 saturated carbocycles. The number of hydrogen-bond acceptors (Lipinski definition) is 5. The van der Waals surface area contributed by atoms with E-state index in [-0.39, 0.29) is 36.9 Å². The Morgan fingerprint density at radius 3 is 2.53 bits per heavy atom. The fourth-order valence-electron chi connectivity index (χ4n) is 4.94. The number of rotatable bonds is 4. The minimum atomic E-state index is -0.475. The van der Waals surface area contributed by atoms with Crippen LogP contribution in [0.5, 0.6) is 0 Å². The zero-order valence-electron chi connectivity index (χ0n) is 17.9. The molecule has 5 rings (SSSR count). The first-order valence-electron chi connectivity index (χ1n) is 11.4. The van der Waals surface area contributed by atoms with E-state index < -0.39 is 12.2 Å². The lowest BCUT2D eigenvalue weighted by atomic mass is 9.96. The van der Waals surface area contributed by atoms with Crippen LogP contribution in [0, 0.1) is 0 Å². The van der Waals surface area contributed by atoms with Gasteiger partial charge in [-0.2, -0.15) is 0 Å². The highest BCUT2D eigenvalue weighted by atomic mass is 16.6. The molecule has 3 N–H and O–H groups in total. The first kappa shape index (κ1) is 21.0. The molecule has 170 valence electrons. The smallest absolute Gasteiger partial charge is 0.407 e. The van der Waals surface area contributed by atoms with Gasteiger partial charge in [-0.15, -0.1) is 0 Å². The molecule has 3 fully saturated rings. The molecule has 8 nitrogen and oxygen atoms in total. The van der Waals surface area contributed by atoms with Crippen LogP contribution in [-0.4, -0.2) is 55.7 Å². The Bertz CT molecular complexity index is 972. The third-order valence-corrected chi connectivity index (χ3v) is 6.55. The van der Waals surface area contributed by atoms with Gasteiger partial charge in [-0.25, -0.2) is 9.59 Å². The molecule has 4 atom stereocenters. The van der Waals surface area contributed by atoms with E-state index in [1.54, 1.807) is 0 Å². The summed E-state index contributed by atoms with van der Waals surface area (Å²) in [5, 5.41) is 10.9. The Morgan fingerprint density at radius 1 is 0.875 bits per heavy atom. The summed E-state index contributed by atoms with van der Waals surface area (Å²) in [6.45, 7) is 0.568. The highest BCUT2D eigenvalue weighted by molar-refractivity contribution is 6.01. The van der Waals surface area contributed by atoms with Gasteiger partial charge >= 0.3 is 12.1 Å². The van der Waals surface area contributed by atoms with Crippen LogP contribution in [0.1, 0.15) is 32.1 Å². The Hall–Kier alpha value is -2.84. The van der Waals surface area contributed by atoms with Crippen LogP contribution in [0.15, 0.2) is 42.5 Å². The average molecular weight is 440 g/mol. The molecular weight excluding hydrogens is 410 g/mol. The van der Waals surface area contributed by atoms with Gasteiger partial charge in [0.1, 0.15) is 12.2 Å². The molecule has 2 saturated heterocycles. The molecule has 2 aromatic carbocycles. The summed E-state index contributed by atoms with van der Waals surface area (Å²) < 4.78 is 17.3. The number of benzene rings is 2. The second-order valence-electron chi connectivity index (χ2n) is 8.75. The van der Waals surface area contributed by atoms with Crippen LogP contribution >= 0.6 is 0 Å². The first-order valence-corrected chi connectivity index (χ1v) is 11.4. The number of hydrogen-bond donors (Lipinski definition) is 3. The highest BCUT2D eigenvalue weighted by Crippen LogP contribution is 2.29. The molecule has 3 amide bonds. The molecule has 0 aromatic heterocycles. The van der Waals surface area contributed by atoms with Crippen molar-refractivity contribution in [3.05, 3.63) is 42.5 Å². The Morgan fingerprint density at radius 2 is 1.66 bits per heavy atom. The van der Waals surface area contributed by atoms with Gasteiger partial charge in [0.25, 0.3) is 0 Å². The number of alkyl carbamates (subject to hydrolysis) is 1. The fraction of sp³-hybridized carbons (Fsp3) is 0.500. The molecule has 3 aliphatic rings. The second kappa shape index (κ2) is 9.34. The third-order valence-electron chi connectivity index (χ3n) is 6.55. The number of amides is 3. The molecular formula is C24H29N3O5. The predicted molar refractivity (Wildman–Crippen MR) is 120 cm³/mol. The van der Waals surface area contributed by atoms with Crippen molar-refractivity contribution < 1.29 is 23.8 Å². The van der Waals surface area contributed by atoms with Gasteiger partial charge in [-0.3, -0.25) is 0 Å². The second-order valence-corrected chi connectivity index (χ2v) is 8.75. The van der Waals surface area contributed by atoms with E-state index in [4.69, 9.17) is 14.2 Å². The number of ether oxygens (including phenoxy) is 3. The van der Waals surface area contributed by atoms with Gasteiger partial charge in [-0.05, 0) is 24.3 Å². The van der Waals surface area contributed by atoms with Crippen molar-refractivity contribution in [1.82, 2.24) is 10.6 Å². The standard InChI is InChI=1S/C24H29N3O5/c28-23(26-18-12-6-8-15-7-4-5-11-17(15)18)27-19-13-30-22-20(14-31-21(19)22)32-24(29)25-16-9-2-1-3-10-16/h4-8,11-12,16,19-22H,1-3,9-10,13-14H2,(H,25,29)(H2,26,27,28). The SMILES string of the molecule is O=C(Nc1cccc2ccccc12)NC1COC2C(OC(=O)NC3CCCCC3)COC12. The summed E-state index contributed by atoms with van der Waals surface area (Å²) in [7, 11) is 0. The van der Waals surface area contributed by atoms with Crippen LogP contribution in [0.2, 0.25) is 0 Å². The van der Waals surface area contributed by atoms with Gasteiger partial charge in [-0.1, -0.05) is 55.7 Å². The van der Waals surface area contributed by atoms with E-state index in [0.29, 0.717) is 6.61 Å². The summed E-state index contributed by atoms with van der Waals surface area (Å²) >= 11 is 0. The van der Waals surface area contributed by atoms with E-state index in [1.165, 1.54) is 6.42 Å². The van der Waals surface area contributed by atoms with Gasteiger partial charge < -0.3 is 30.2 Å². The van der Waals surface area contributed by atoms with Crippen molar-refractivity contribution in [3.63, 3.8) is 0 Å². The highest BCUT2D eigenvalue weighted by Gasteiger charge is 2.50. The number of nitrogens with one attached hydrogen (secondary N) is 3. The molecule has 4 unspecified atom stereocenters. The molecule has 0 spiro atoms. The largest absolute Gasteiger partial charge is 0.441 e. The van der Waals surface area contributed by atoms with E-state index >= 15 is 0 Å². The number of urea groups is 1. The topological polar surface area (TPSA) is 97.9 Å². The summed E-state index contributed by atoms with van der Waals surface area (Å²) in [6, 6.07) is 13.2. The average Bonchev–Trinajstić information content (AvgIpc) is 3.38.